The summed E-state index contributed by atoms with van der Waals surface area (Å²) in [6.45, 7) is 12.7. The lowest BCUT2D eigenvalue weighted by Gasteiger charge is -2.17. The number of hydrogen-bond donors (Lipinski definition) is 2. The van der Waals surface area contributed by atoms with Crippen molar-refractivity contribution >= 4 is 57.9 Å². The van der Waals surface area contributed by atoms with Gasteiger partial charge in [0.2, 0.25) is 0 Å². The third kappa shape index (κ3) is 10.4. The highest BCUT2D eigenvalue weighted by molar-refractivity contribution is 8.00. The molecule has 140 valence electrons. The van der Waals surface area contributed by atoms with Crippen LogP contribution >= 0.6 is 48.0 Å². The highest BCUT2D eigenvalue weighted by atomic mass is 32.2. The van der Waals surface area contributed by atoms with Gasteiger partial charge in [0.25, 0.3) is 0 Å². The SMILES string of the molecule is CC(C)SCCNC(=S)c1cccc(C(=S)NCCSC(C)(C)C)n1. The Kier molecular flexibility index (Phi) is 10.3. The van der Waals surface area contributed by atoms with Crippen molar-refractivity contribution in [3.63, 3.8) is 0 Å². The molecule has 0 amide bonds. The maximum Gasteiger partial charge on any atom is 0.125 e. The maximum atomic E-state index is 5.46. The van der Waals surface area contributed by atoms with Crippen LogP contribution in [0.15, 0.2) is 18.2 Å². The van der Waals surface area contributed by atoms with E-state index in [0.717, 1.165) is 36.0 Å². The molecule has 0 fully saturated rings. The third-order valence-corrected chi connectivity index (χ3v) is 6.06. The standard InChI is InChI=1S/C18H29N3S4/c1-13(2)24-11-9-19-16(22)14-7-6-8-15(21-14)17(23)20-10-12-25-18(3,4)5/h6-8,13H,9-12H2,1-5H3,(H,19,22)(H,20,23). The van der Waals surface area contributed by atoms with Gasteiger partial charge in [0.15, 0.2) is 0 Å². The van der Waals surface area contributed by atoms with Crippen LogP contribution in [0.5, 0.6) is 0 Å². The summed E-state index contributed by atoms with van der Waals surface area (Å²) in [7, 11) is 0. The first-order valence-corrected chi connectivity index (χ1v) is 11.3. The second-order valence-electron chi connectivity index (χ2n) is 6.80. The van der Waals surface area contributed by atoms with Crippen LogP contribution in [-0.2, 0) is 0 Å². The Hall–Kier alpha value is -0.370. The summed E-state index contributed by atoms with van der Waals surface area (Å²) >= 11 is 14.7. The Bertz CT molecular complexity index is 568. The van der Waals surface area contributed by atoms with Crippen LogP contribution in [0, 0.1) is 0 Å². The molecule has 25 heavy (non-hydrogen) atoms. The smallest absolute Gasteiger partial charge is 0.125 e. The summed E-state index contributed by atoms with van der Waals surface area (Å²) in [5.74, 6) is 2.04. The molecular weight excluding hydrogens is 386 g/mol. The molecule has 0 bridgehead atoms. The highest BCUT2D eigenvalue weighted by Gasteiger charge is 2.11. The van der Waals surface area contributed by atoms with Crippen molar-refractivity contribution in [2.24, 2.45) is 0 Å². The van der Waals surface area contributed by atoms with Gasteiger partial charge in [0.1, 0.15) is 9.98 Å². The zero-order chi connectivity index (χ0) is 18.9. The number of thiocarbonyl (C=S) groups is 2. The van der Waals surface area contributed by atoms with E-state index in [1.807, 2.05) is 41.7 Å². The molecule has 2 N–H and O–H groups in total. The fourth-order valence-corrected chi connectivity index (χ4v) is 3.79. The van der Waals surface area contributed by atoms with Gasteiger partial charge in [-0.3, -0.25) is 0 Å². The summed E-state index contributed by atoms with van der Waals surface area (Å²) in [6, 6.07) is 5.80. The minimum Gasteiger partial charge on any atom is -0.374 e. The molecule has 1 heterocycles. The Labute approximate surface area is 171 Å². The van der Waals surface area contributed by atoms with Gasteiger partial charge in [-0.15, -0.1) is 0 Å². The predicted octanol–water partition coefficient (Wildman–Crippen LogP) is 4.29. The predicted molar refractivity (Wildman–Crippen MR) is 123 cm³/mol. The average molecular weight is 416 g/mol. The zero-order valence-corrected chi connectivity index (χ0v) is 19.0. The van der Waals surface area contributed by atoms with Crippen molar-refractivity contribution in [3.05, 3.63) is 29.6 Å². The molecule has 1 aromatic rings. The number of aromatic nitrogens is 1. The van der Waals surface area contributed by atoms with Crippen LogP contribution in [0.1, 0.15) is 46.0 Å². The molecule has 0 radical (unpaired) electrons. The molecule has 0 aromatic carbocycles. The summed E-state index contributed by atoms with van der Waals surface area (Å²) in [4.78, 5) is 5.95. The van der Waals surface area contributed by atoms with Crippen molar-refractivity contribution in [1.82, 2.24) is 15.6 Å². The molecule has 1 aromatic heterocycles. The summed E-state index contributed by atoms with van der Waals surface area (Å²) < 4.78 is 0.271. The van der Waals surface area contributed by atoms with Crippen LogP contribution in [0.4, 0.5) is 0 Å². The largest absolute Gasteiger partial charge is 0.374 e. The number of thioether (sulfide) groups is 2. The Morgan fingerprint density at radius 1 is 1.04 bits per heavy atom. The lowest BCUT2D eigenvalue weighted by Crippen LogP contribution is -2.29. The molecule has 0 aliphatic heterocycles. The molecule has 0 spiro atoms. The lowest BCUT2D eigenvalue weighted by atomic mass is 10.3. The second kappa shape index (κ2) is 11.4. The molecule has 1 rings (SSSR count). The Morgan fingerprint density at radius 2 is 1.56 bits per heavy atom. The lowest BCUT2D eigenvalue weighted by molar-refractivity contribution is 0.800. The summed E-state index contributed by atoms with van der Waals surface area (Å²) in [5, 5.41) is 7.19. The van der Waals surface area contributed by atoms with Crippen LogP contribution in [0.2, 0.25) is 0 Å². The van der Waals surface area contributed by atoms with Gasteiger partial charge in [-0.25, -0.2) is 4.98 Å². The van der Waals surface area contributed by atoms with E-state index in [9.17, 15) is 0 Å². The van der Waals surface area contributed by atoms with Crippen LogP contribution in [0.25, 0.3) is 0 Å². The summed E-state index contributed by atoms with van der Waals surface area (Å²) in [6.07, 6.45) is 0. The normalized spacial score (nSPS) is 11.4. The third-order valence-electron chi connectivity index (χ3n) is 2.98. The van der Waals surface area contributed by atoms with Crippen molar-refractivity contribution in [1.29, 1.82) is 0 Å². The first-order chi connectivity index (χ1) is 11.7. The quantitative estimate of drug-likeness (QED) is 0.460. The molecular formula is C18H29N3S4. The number of rotatable bonds is 9. The Morgan fingerprint density at radius 3 is 2.04 bits per heavy atom. The van der Waals surface area contributed by atoms with E-state index in [2.05, 4.69) is 50.2 Å². The molecule has 0 aliphatic carbocycles. The number of nitrogens with one attached hydrogen (secondary N) is 2. The second-order valence-corrected chi connectivity index (χ2v) is 11.2. The monoisotopic (exact) mass is 415 g/mol. The molecule has 0 aliphatic rings. The van der Waals surface area contributed by atoms with Crippen LogP contribution < -0.4 is 10.6 Å². The first kappa shape index (κ1) is 22.7. The fraction of sp³-hybridized carbons (Fsp3) is 0.611. The molecule has 7 heteroatoms. The van der Waals surface area contributed by atoms with Crippen molar-refractivity contribution in [2.45, 2.75) is 44.6 Å². The minimum atomic E-state index is 0.271. The molecule has 0 atom stereocenters. The van der Waals surface area contributed by atoms with Gasteiger partial charge in [-0.05, 0) is 17.4 Å². The Balaban J connectivity index is 2.47. The summed E-state index contributed by atoms with van der Waals surface area (Å²) in [5.41, 5.74) is 1.55. The number of hydrogen-bond acceptors (Lipinski definition) is 5. The van der Waals surface area contributed by atoms with E-state index < -0.39 is 0 Å². The zero-order valence-electron chi connectivity index (χ0n) is 15.7. The maximum absolute atomic E-state index is 5.46. The van der Waals surface area contributed by atoms with Crippen molar-refractivity contribution in [3.8, 4) is 0 Å². The van der Waals surface area contributed by atoms with Gasteiger partial charge in [-0.2, -0.15) is 23.5 Å². The van der Waals surface area contributed by atoms with Crippen molar-refractivity contribution in [2.75, 3.05) is 24.6 Å². The van der Waals surface area contributed by atoms with Gasteiger partial charge >= 0.3 is 0 Å². The molecule has 0 saturated carbocycles. The van der Waals surface area contributed by atoms with Gasteiger partial charge in [0.05, 0.1) is 11.4 Å². The fourth-order valence-electron chi connectivity index (χ4n) is 1.85. The first-order valence-electron chi connectivity index (χ1n) is 8.48. The highest BCUT2D eigenvalue weighted by Crippen LogP contribution is 2.22. The van der Waals surface area contributed by atoms with Crippen LogP contribution in [-0.4, -0.2) is 49.6 Å². The van der Waals surface area contributed by atoms with Crippen molar-refractivity contribution < 1.29 is 0 Å². The topological polar surface area (TPSA) is 37.0 Å². The van der Waals surface area contributed by atoms with Gasteiger partial charge in [0, 0.05) is 29.3 Å². The van der Waals surface area contributed by atoms with E-state index in [4.69, 9.17) is 24.4 Å². The van der Waals surface area contributed by atoms with E-state index in [1.165, 1.54) is 0 Å². The minimum absolute atomic E-state index is 0.271. The molecule has 0 saturated heterocycles. The number of nitrogens with zero attached hydrogens (tertiary/aromatic N) is 1. The molecule has 0 unspecified atom stereocenters. The van der Waals surface area contributed by atoms with Crippen LogP contribution in [0.3, 0.4) is 0 Å². The van der Waals surface area contributed by atoms with E-state index in [1.54, 1.807) is 0 Å². The van der Waals surface area contributed by atoms with Gasteiger partial charge < -0.3 is 10.6 Å². The van der Waals surface area contributed by atoms with E-state index >= 15 is 0 Å². The van der Waals surface area contributed by atoms with Gasteiger partial charge in [-0.1, -0.05) is 65.1 Å². The van der Waals surface area contributed by atoms with E-state index in [-0.39, 0.29) is 4.75 Å². The average Bonchev–Trinajstić information content (AvgIpc) is 2.54. The number of pyridine rings is 1. The van der Waals surface area contributed by atoms with E-state index in [0.29, 0.717) is 15.2 Å². The molecule has 3 nitrogen and oxygen atoms in total.